The first-order valence-electron chi connectivity index (χ1n) is 42.7. The fourth-order valence-corrected chi connectivity index (χ4v) is 19.3. The van der Waals surface area contributed by atoms with Gasteiger partial charge in [-0.3, -0.25) is 68.0 Å². The van der Waals surface area contributed by atoms with Gasteiger partial charge >= 0.3 is 22.8 Å². The third-order valence-electron chi connectivity index (χ3n) is 21.6. The molecule has 19 N–H and O–H groups in total. The van der Waals surface area contributed by atoms with Crippen molar-refractivity contribution in [3.63, 3.8) is 0 Å². The molecule has 0 bridgehead atoms. The van der Waals surface area contributed by atoms with Gasteiger partial charge in [0.1, 0.15) is 79.4 Å². The summed E-state index contributed by atoms with van der Waals surface area (Å²) < 4.78 is 34.1. The van der Waals surface area contributed by atoms with Crippen LogP contribution >= 0.6 is 46.6 Å². The molecule has 0 saturated carbocycles. The van der Waals surface area contributed by atoms with E-state index in [9.17, 15) is 89.4 Å². The van der Waals surface area contributed by atoms with E-state index in [1.54, 1.807) is 11.1 Å². The van der Waals surface area contributed by atoms with Crippen LogP contribution in [-0.4, -0.2) is 359 Å². The average molecular weight is 1890 g/mol. The predicted octanol–water partition coefficient (Wildman–Crippen LogP) is -0.189. The number of H-pyrrole nitrogens is 4. The molecule has 0 spiro atoms. The molecule has 0 aromatic carbocycles. The van der Waals surface area contributed by atoms with Crippen LogP contribution in [0.25, 0.3) is 0 Å². The summed E-state index contributed by atoms with van der Waals surface area (Å²) in [5.41, 5.74) is -2.22. The van der Waals surface area contributed by atoms with E-state index in [2.05, 4.69) is 151 Å². The van der Waals surface area contributed by atoms with E-state index in [1.807, 2.05) is 34.7 Å². The highest BCUT2D eigenvalue weighted by Gasteiger charge is 2.49. The SMILES string of the molecule is C=C1NC(=S)N(C)C=C1[C@@H]1O[C@H](CCP(=C)(C)C)[C@@H](O)[C@H]1O.C=P(C)(C)CC[C@H]1O[C@@H](c2cn(CNCCC)c(=O)[nH]c2=O)[C@H](O)[C@@H]1O.C=P(C)(C)CC[C@H]1O[C@@H](c2cn(CNCCC)c(=O)[nH]c2=O)[C@H](O)[C@@H]1O.C=P(C)(C)CC[C@H]1O[C@@H](n2cc(CNCCC)c(=O)[nH]c2=O)[C@H](O)[C@@H]1O.C=P(C)(C)CC[C@H]1O[C@@H](n2cc(CNCCC)c(=O)[nH]c2=O)[C@H](O)[C@@H]1O. The van der Waals surface area contributed by atoms with Crippen LogP contribution in [0.5, 0.6) is 0 Å². The van der Waals surface area contributed by atoms with Crippen molar-refractivity contribution in [2.45, 2.75) is 234 Å². The Morgan fingerprint density at radius 3 is 0.976 bits per heavy atom. The second-order valence-corrected chi connectivity index (χ2v) is 58.6. The summed E-state index contributed by atoms with van der Waals surface area (Å²) in [4.78, 5) is 107. The van der Waals surface area contributed by atoms with Crippen LogP contribution in [0.1, 0.15) is 132 Å². The van der Waals surface area contributed by atoms with Crippen molar-refractivity contribution in [1.29, 1.82) is 0 Å². The molecule has 0 radical (unpaired) electrons. The molecule has 6 aliphatic rings. The van der Waals surface area contributed by atoms with Crippen molar-refractivity contribution in [1.82, 2.24) is 69.7 Å². The number of nitrogens with one attached hydrogen (secondary N) is 9. The van der Waals surface area contributed by atoms with Gasteiger partial charge in [-0.25, -0.2) is 19.2 Å². The summed E-state index contributed by atoms with van der Waals surface area (Å²) in [6.07, 6.45) is 20.4. The van der Waals surface area contributed by atoms with Crippen molar-refractivity contribution in [2.24, 2.45) is 0 Å². The van der Waals surface area contributed by atoms with Gasteiger partial charge < -0.3 is 95.6 Å². The van der Waals surface area contributed by atoms with Crippen molar-refractivity contribution in [2.75, 3.05) is 131 Å². The minimum atomic E-state index is -1.29. The summed E-state index contributed by atoms with van der Waals surface area (Å²) in [6, 6.07) is 0. The molecule has 5 saturated heterocycles. The molecule has 20 atom stereocenters. The highest BCUT2D eigenvalue weighted by Crippen LogP contribution is 2.45. The zero-order valence-corrected chi connectivity index (χ0v) is 81.2. The molecule has 43 heteroatoms. The predicted molar refractivity (Wildman–Crippen MR) is 515 cm³/mol. The van der Waals surface area contributed by atoms with Crippen LogP contribution in [0.3, 0.4) is 0 Å². The minimum absolute atomic E-state index is 0.139. The first-order valence-corrected chi connectivity index (χ1v) is 58.4. The summed E-state index contributed by atoms with van der Waals surface area (Å²) in [7, 11) is 1.81. The zero-order chi connectivity index (χ0) is 94.6. The monoisotopic (exact) mass is 1890 g/mol. The Morgan fingerprint density at radius 2 is 0.667 bits per heavy atom. The Morgan fingerprint density at radius 1 is 0.389 bits per heavy atom. The molecule has 126 heavy (non-hydrogen) atoms. The van der Waals surface area contributed by atoms with Gasteiger partial charge in [-0.2, -0.15) is 0 Å². The fourth-order valence-electron chi connectivity index (χ4n) is 14.3. The highest BCUT2D eigenvalue weighted by molar-refractivity contribution is 7.80. The molecule has 10 heterocycles. The first-order chi connectivity index (χ1) is 58.6. The number of ether oxygens (including phenoxy) is 5. The molecular weight excluding hydrogens is 1750 g/mol. The van der Waals surface area contributed by atoms with Crippen LogP contribution in [0.2, 0.25) is 0 Å². The largest absolute Gasteiger partial charge is 0.388 e. The van der Waals surface area contributed by atoms with Gasteiger partial charge in [0.2, 0.25) is 0 Å². The maximum Gasteiger partial charge on any atom is 0.330 e. The molecule has 6 aliphatic heterocycles. The number of aromatic amines is 4. The molecule has 4 aromatic rings. The van der Waals surface area contributed by atoms with Crippen molar-refractivity contribution in [3.8, 4) is 0 Å². The molecule has 5 fully saturated rings. The quantitative estimate of drug-likeness (QED) is 0.0159. The maximum atomic E-state index is 12.2. The number of rotatable bonds is 36. The molecule has 4 aromatic heterocycles. The molecule has 0 amide bonds. The average Bonchev–Trinajstić information content (AvgIpc) is 1.68. The Balaban J connectivity index is 0.000000244. The van der Waals surface area contributed by atoms with Crippen molar-refractivity contribution >= 4 is 83.3 Å². The van der Waals surface area contributed by atoms with E-state index in [0.29, 0.717) is 72.7 Å². The van der Waals surface area contributed by atoms with Gasteiger partial charge in [-0.05, 0) is 194 Å². The van der Waals surface area contributed by atoms with E-state index in [1.165, 1.54) is 33.9 Å². The van der Waals surface area contributed by atoms with E-state index < -0.39 is 196 Å². The molecule has 716 valence electrons. The van der Waals surface area contributed by atoms with Crippen LogP contribution in [-0.2, 0) is 50.1 Å². The zero-order valence-electron chi connectivity index (χ0n) is 75.9. The molecule has 10 rings (SSSR count). The topological polar surface area (TPSA) is 531 Å². The lowest BCUT2D eigenvalue weighted by Crippen LogP contribution is -2.42. The Kier molecular flexibility index (Phi) is 42.4. The normalized spacial score (nSPS) is 27.5. The Hall–Kier alpha value is -5.37. The Labute approximate surface area is 743 Å². The van der Waals surface area contributed by atoms with Gasteiger partial charge in [-0.1, -0.05) is 34.3 Å². The van der Waals surface area contributed by atoms with Crippen LogP contribution in [0, 0.1) is 0 Å². The van der Waals surface area contributed by atoms with Crippen LogP contribution < -0.4 is 71.6 Å². The summed E-state index contributed by atoms with van der Waals surface area (Å²) in [5.74, 6) is 0. The molecule has 0 aliphatic carbocycles. The third kappa shape index (κ3) is 32.5. The van der Waals surface area contributed by atoms with E-state index in [4.69, 9.17) is 35.9 Å². The number of aliphatic hydroxyl groups is 10. The van der Waals surface area contributed by atoms with Crippen LogP contribution in [0.15, 0.2) is 87.2 Å². The lowest BCUT2D eigenvalue weighted by molar-refractivity contribution is -0.0404. The standard InChI is InChI=1S/4C17H30N3O5P.C15H25N2O3PS/c2*1-5-7-18-10-20-9-11(16(23)19-17(20)24)15-14(22)13(21)12(25-15)6-8-26(2,3)4;2*1-5-7-18-9-11-10-20(17(24)19-15(11)23)16-14(22)13(21)12(25-16)6-8-26(2,3)4;1-9-10(8-17(2)15(22)16-9)14-13(19)12(18)11(20-14)6-7-21(3,4)5/h2*9,12-15,18,21-22H,2,5-8,10H2,1,3-4H3,(H,19,23,24);2*10,12-14,16,18,21-22H,2,5-9H2,1,3-4H3,(H,19,23,24);8,11-14,18-19H,1,3,6-7H2,2,4-5H3,(H,16,22)/t2*12-,13-,14-,15+;2*12-,13-,14-,16-;11-,12-,13-,14+/m11111/s1. The second-order valence-electron chi connectivity index (χ2n) is 36.6. The molecule has 37 nitrogen and oxygen atoms in total. The summed E-state index contributed by atoms with van der Waals surface area (Å²) >= 11 is 5.14. The van der Waals surface area contributed by atoms with Gasteiger partial charge in [0.15, 0.2) is 17.6 Å². The van der Waals surface area contributed by atoms with E-state index in [-0.39, 0.29) is 30.6 Å². The Bertz CT molecular complexity index is 4540. The lowest BCUT2D eigenvalue weighted by Gasteiger charge is -2.30. The second kappa shape index (κ2) is 48.9. The number of thiocarbonyl (C=S) groups is 1. The van der Waals surface area contributed by atoms with E-state index >= 15 is 0 Å². The minimum Gasteiger partial charge on any atom is -0.388 e. The first kappa shape index (κ1) is 109. The molecular formula is C83H145N14O23P5S. The maximum absolute atomic E-state index is 12.2. The number of hydrogen-bond donors (Lipinski definition) is 19. The third-order valence-corrected chi connectivity index (χ3v) is 29.4. The van der Waals surface area contributed by atoms with E-state index in [0.717, 1.165) is 91.8 Å². The van der Waals surface area contributed by atoms with Crippen LogP contribution in [0.4, 0.5) is 0 Å². The fraction of sp³-hybridized carbons (Fsp3) is 0.687. The molecule has 0 unspecified atom stereocenters. The number of aliphatic hydroxyl groups excluding tert-OH is 10. The lowest BCUT2D eigenvalue weighted by atomic mass is 9.99. The van der Waals surface area contributed by atoms with Gasteiger partial charge in [0, 0.05) is 73.5 Å². The van der Waals surface area contributed by atoms with Crippen molar-refractivity contribution in [3.05, 3.63) is 154 Å². The number of hydrogen-bond acceptors (Lipinski definition) is 28. The van der Waals surface area contributed by atoms with Gasteiger partial charge in [-0.15, -0.1) is 65.9 Å². The summed E-state index contributed by atoms with van der Waals surface area (Å²) in [5, 5.41) is 119. The number of nitrogens with zero attached hydrogens (tertiary/aromatic N) is 5. The smallest absolute Gasteiger partial charge is 0.330 e. The highest BCUT2D eigenvalue weighted by atomic mass is 32.1. The van der Waals surface area contributed by atoms with Gasteiger partial charge in [0.25, 0.3) is 22.2 Å². The van der Waals surface area contributed by atoms with Crippen molar-refractivity contribution < 1.29 is 74.7 Å². The number of aromatic nitrogens is 8. The van der Waals surface area contributed by atoms with Gasteiger partial charge in [0.05, 0.1) is 55.0 Å². The summed E-state index contributed by atoms with van der Waals surface area (Å²) in [6.45, 7) is 30.6.